The molecule has 1 aliphatic heterocycles. The Morgan fingerprint density at radius 2 is 2.12 bits per heavy atom. The fourth-order valence-electron chi connectivity index (χ4n) is 3.20. The highest BCUT2D eigenvalue weighted by Gasteiger charge is 2.36. The lowest BCUT2D eigenvalue weighted by Gasteiger charge is -2.36. The lowest BCUT2D eigenvalue weighted by Crippen LogP contribution is -2.55. The third-order valence-electron chi connectivity index (χ3n) is 4.58. The molecule has 1 aliphatic carbocycles. The van der Waals surface area contributed by atoms with E-state index >= 15 is 0 Å². The number of aliphatic imine (C=N–C) groups is 1. The van der Waals surface area contributed by atoms with Crippen LogP contribution in [0.2, 0.25) is 0 Å². The normalized spacial score (nSPS) is 18.6. The van der Waals surface area contributed by atoms with Crippen LogP contribution in [0.4, 0.5) is 0 Å². The number of guanidine groups is 1. The summed E-state index contributed by atoms with van der Waals surface area (Å²) in [7, 11) is 1.77. The number of halogens is 1. The largest absolute Gasteiger partial charge is 0.350 e. The van der Waals surface area contributed by atoms with E-state index in [-0.39, 0.29) is 29.9 Å². The Labute approximate surface area is 171 Å². The number of nitrogens with zero attached hydrogens (tertiary/aromatic N) is 4. The van der Waals surface area contributed by atoms with Gasteiger partial charge in [0.2, 0.25) is 5.91 Å². The second kappa shape index (κ2) is 8.66. The lowest BCUT2D eigenvalue weighted by atomic mass is 10.1. The highest BCUT2D eigenvalue weighted by molar-refractivity contribution is 14.0. The third-order valence-corrected chi connectivity index (χ3v) is 5.56. The molecule has 0 unspecified atom stereocenters. The highest BCUT2D eigenvalue weighted by Crippen LogP contribution is 2.28. The molecule has 1 aromatic heterocycles. The molecule has 1 aromatic rings. The van der Waals surface area contributed by atoms with Crippen LogP contribution in [0.5, 0.6) is 0 Å². The zero-order valence-corrected chi connectivity index (χ0v) is 18.6. The number of piperazine rings is 1. The van der Waals surface area contributed by atoms with E-state index in [4.69, 9.17) is 4.98 Å². The monoisotopic (exact) mass is 477 g/mol. The molecule has 2 fully saturated rings. The first kappa shape index (κ1) is 20.4. The minimum Gasteiger partial charge on any atom is -0.350 e. The fourth-order valence-corrected chi connectivity index (χ4v) is 4.23. The van der Waals surface area contributed by atoms with Crippen molar-refractivity contribution in [3.8, 4) is 0 Å². The summed E-state index contributed by atoms with van der Waals surface area (Å²) in [5.41, 5.74) is 1.18. The Kier molecular flexibility index (Phi) is 7.07. The molecule has 1 N–H and O–H groups in total. The van der Waals surface area contributed by atoms with Crippen LogP contribution in [0.1, 0.15) is 48.2 Å². The van der Waals surface area contributed by atoms with Crippen LogP contribution >= 0.6 is 35.3 Å². The van der Waals surface area contributed by atoms with E-state index in [1.807, 2.05) is 9.80 Å². The van der Waals surface area contributed by atoms with Gasteiger partial charge in [0.15, 0.2) is 5.96 Å². The van der Waals surface area contributed by atoms with E-state index in [9.17, 15) is 4.79 Å². The highest BCUT2D eigenvalue weighted by atomic mass is 127. The average Bonchev–Trinajstić information content (AvgIpc) is 3.30. The molecule has 6 nitrogen and oxygen atoms in total. The molecule has 0 aromatic carbocycles. The van der Waals surface area contributed by atoms with Crippen LogP contribution in [-0.4, -0.2) is 59.4 Å². The predicted octanol–water partition coefficient (Wildman–Crippen LogP) is 2.57. The molecular formula is C17H28IN5OS. The second-order valence-electron chi connectivity index (χ2n) is 6.84. The van der Waals surface area contributed by atoms with Gasteiger partial charge in [-0.05, 0) is 25.7 Å². The van der Waals surface area contributed by atoms with Crippen molar-refractivity contribution < 1.29 is 4.79 Å². The number of hydrogen-bond acceptors (Lipinski definition) is 4. The Balaban J connectivity index is 0.00000225. The molecule has 3 rings (SSSR count). The number of aromatic nitrogens is 1. The van der Waals surface area contributed by atoms with Crippen molar-refractivity contribution in [3.05, 3.63) is 15.6 Å². The number of rotatable bonds is 4. The molecule has 1 saturated heterocycles. The summed E-state index contributed by atoms with van der Waals surface area (Å²) >= 11 is 1.73. The van der Waals surface area contributed by atoms with Gasteiger partial charge in [-0.2, -0.15) is 0 Å². The minimum absolute atomic E-state index is 0. The van der Waals surface area contributed by atoms with Crippen LogP contribution in [0.25, 0.3) is 0 Å². The zero-order chi connectivity index (χ0) is 17.3. The SMILES string of the molecule is CN=C(NCc1nc(C(C)C)c(C)s1)N1CCN(C2CC2)C(=O)C1.I. The topological polar surface area (TPSA) is 60.8 Å². The number of aryl methyl sites for hydroxylation is 1. The third kappa shape index (κ3) is 4.84. The maximum atomic E-state index is 12.3. The van der Waals surface area contributed by atoms with Crippen LogP contribution in [0.3, 0.4) is 0 Å². The van der Waals surface area contributed by atoms with Gasteiger partial charge in [-0.1, -0.05) is 13.8 Å². The van der Waals surface area contributed by atoms with Crippen molar-refractivity contribution in [2.24, 2.45) is 4.99 Å². The Morgan fingerprint density at radius 3 is 2.64 bits per heavy atom. The summed E-state index contributed by atoms with van der Waals surface area (Å²) in [5.74, 6) is 1.46. The standard InChI is InChI=1S/C17H27N5OS.HI/c1-11(2)16-12(3)24-14(20-16)9-19-17(18-4)21-7-8-22(13-5-6-13)15(23)10-21;/h11,13H,5-10H2,1-4H3,(H,18,19);1H. The predicted molar refractivity (Wildman–Crippen MR) is 113 cm³/mol. The maximum Gasteiger partial charge on any atom is 0.242 e. The van der Waals surface area contributed by atoms with E-state index in [1.54, 1.807) is 18.4 Å². The van der Waals surface area contributed by atoms with Gasteiger partial charge in [0.05, 0.1) is 18.8 Å². The molecular weight excluding hydrogens is 449 g/mol. The smallest absolute Gasteiger partial charge is 0.242 e. The zero-order valence-electron chi connectivity index (χ0n) is 15.4. The van der Waals surface area contributed by atoms with Gasteiger partial charge in [0.1, 0.15) is 5.01 Å². The van der Waals surface area contributed by atoms with Gasteiger partial charge >= 0.3 is 0 Å². The summed E-state index contributed by atoms with van der Waals surface area (Å²) in [6.07, 6.45) is 2.33. The van der Waals surface area contributed by atoms with Gasteiger partial charge in [-0.15, -0.1) is 35.3 Å². The Hall–Kier alpha value is -0.900. The quantitative estimate of drug-likeness (QED) is 0.412. The number of thiazole rings is 1. The molecule has 2 heterocycles. The van der Waals surface area contributed by atoms with E-state index in [0.29, 0.717) is 25.0 Å². The van der Waals surface area contributed by atoms with E-state index in [1.165, 1.54) is 23.4 Å². The van der Waals surface area contributed by atoms with Crippen molar-refractivity contribution in [1.29, 1.82) is 0 Å². The first-order chi connectivity index (χ1) is 11.5. The molecule has 1 amide bonds. The van der Waals surface area contributed by atoms with Crippen molar-refractivity contribution in [2.75, 3.05) is 26.7 Å². The number of carbonyl (C=O) groups is 1. The molecule has 0 bridgehead atoms. The molecule has 0 atom stereocenters. The summed E-state index contributed by atoms with van der Waals surface area (Å²) in [4.78, 5) is 26.7. The summed E-state index contributed by atoms with van der Waals surface area (Å²) in [5, 5.41) is 4.44. The Morgan fingerprint density at radius 1 is 1.40 bits per heavy atom. The van der Waals surface area contributed by atoms with E-state index in [2.05, 4.69) is 31.1 Å². The van der Waals surface area contributed by atoms with Crippen molar-refractivity contribution in [1.82, 2.24) is 20.1 Å². The van der Waals surface area contributed by atoms with Crippen LogP contribution in [0, 0.1) is 6.92 Å². The molecule has 2 aliphatic rings. The number of carbonyl (C=O) groups excluding carboxylic acids is 1. The summed E-state index contributed by atoms with van der Waals surface area (Å²) in [6, 6.07) is 0.502. The van der Waals surface area contributed by atoms with Crippen molar-refractivity contribution >= 4 is 47.2 Å². The number of hydrogen-bond donors (Lipinski definition) is 1. The lowest BCUT2D eigenvalue weighted by molar-refractivity contribution is -0.135. The van der Waals surface area contributed by atoms with Gasteiger partial charge in [-0.3, -0.25) is 9.79 Å². The maximum absolute atomic E-state index is 12.3. The van der Waals surface area contributed by atoms with Crippen LogP contribution < -0.4 is 5.32 Å². The summed E-state index contributed by atoms with van der Waals surface area (Å²) < 4.78 is 0. The molecule has 0 spiro atoms. The van der Waals surface area contributed by atoms with Gasteiger partial charge < -0.3 is 15.1 Å². The van der Waals surface area contributed by atoms with Crippen LogP contribution in [0.15, 0.2) is 4.99 Å². The second-order valence-corrected chi connectivity index (χ2v) is 8.13. The molecule has 8 heteroatoms. The first-order valence-electron chi connectivity index (χ1n) is 8.71. The van der Waals surface area contributed by atoms with Gasteiger partial charge in [-0.25, -0.2) is 4.98 Å². The Bertz CT molecular complexity index is 641. The van der Waals surface area contributed by atoms with Crippen molar-refractivity contribution in [2.45, 2.75) is 52.1 Å². The fraction of sp³-hybridized carbons (Fsp3) is 0.706. The van der Waals surface area contributed by atoms with E-state index < -0.39 is 0 Å². The van der Waals surface area contributed by atoms with Crippen molar-refractivity contribution in [3.63, 3.8) is 0 Å². The summed E-state index contributed by atoms with van der Waals surface area (Å²) in [6.45, 7) is 9.19. The van der Waals surface area contributed by atoms with Gasteiger partial charge in [0, 0.05) is 31.1 Å². The first-order valence-corrected chi connectivity index (χ1v) is 9.52. The number of nitrogens with one attached hydrogen (secondary N) is 1. The molecule has 0 radical (unpaired) electrons. The van der Waals surface area contributed by atoms with Crippen LogP contribution in [-0.2, 0) is 11.3 Å². The minimum atomic E-state index is 0. The average molecular weight is 477 g/mol. The van der Waals surface area contributed by atoms with Gasteiger partial charge in [0.25, 0.3) is 0 Å². The number of amides is 1. The molecule has 25 heavy (non-hydrogen) atoms. The molecule has 140 valence electrons. The van der Waals surface area contributed by atoms with E-state index in [0.717, 1.165) is 24.1 Å². The molecule has 1 saturated carbocycles.